The number of aryl methyl sites for hydroxylation is 2. The van der Waals surface area contributed by atoms with Gasteiger partial charge in [0.15, 0.2) is 5.78 Å². The molecule has 1 N–H and O–H groups in total. The number of ketones is 1. The van der Waals surface area contributed by atoms with E-state index >= 15 is 0 Å². The van der Waals surface area contributed by atoms with Gasteiger partial charge in [0.25, 0.3) is 0 Å². The van der Waals surface area contributed by atoms with Crippen LogP contribution in [0.4, 0.5) is 0 Å². The first-order valence-electron chi connectivity index (χ1n) is 8.95. The highest BCUT2D eigenvalue weighted by Crippen LogP contribution is 2.26. The molecule has 1 fully saturated rings. The van der Waals surface area contributed by atoms with Gasteiger partial charge in [0.05, 0.1) is 6.54 Å². The summed E-state index contributed by atoms with van der Waals surface area (Å²) in [5.41, 5.74) is 5.52. The van der Waals surface area contributed by atoms with Gasteiger partial charge in [-0.25, -0.2) is 0 Å². The minimum Gasteiger partial charge on any atom is -0.480 e. The van der Waals surface area contributed by atoms with E-state index in [1.165, 1.54) is 11.1 Å². The smallest absolute Gasteiger partial charge is 0.317 e. The van der Waals surface area contributed by atoms with Crippen LogP contribution >= 0.6 is 0 Å². The minimum absolute atomic E-state index is 0.100. The summed E-state index contributed by atoms with van der Waals surface area (Å²) in [7, 11) is 1.89. The quantitative estimate of drug-likeness (QED) is 0.803. The first kappa shape index (κ1) is 19.6. The number of carboxylic acid groups (broad SMARTS) is 1. The number of piperidine rings is 1. The molecule has 0 amide bonds. The maximum atomic E-state index is 12.0. The number of hydrogen-bond donors (Lipinski definition) is 1. The summed E-state index contributed by atoms with van der Waals surface area (Å²) in [4.78, 5) is 27.2. The van der Waals surface area contributed by atoms with Crippen molar-refractivity contribution in [3.63, 3.8) is 0 Å². The Morgan fingerprint density at radius 2 is 1.80 bits per heavy atom. The second kappa shape index (κ2) is 8.11. The minimum atomic E-state index is -0.771. The number of nitrogens with zero attached hydrogens (tertiary/aromatic N) is 2. The second-order valence-electron chi connectivity index (χ2n) is 7.36. The lowest BCUT2D eigenvalue weighted by Gasteiger charge is -2.36. The zero-order valence-electron chi connectivity index (χ0n) is 16.1. The van der Waals surface area contributed by atoms with Crippen molar-refractivity contribution in [3.05, 3.63) is 33.9 Å². The lowest BCUT2D eigenvalue weighted by molar-refractivity contribution is -0.138. The van der Waals surface area contributed by atoms with Gasteiger partial charge in [-0.3, -0.25) is 19.4 Å². The van der Waals surface area contributed by atoms with Crippen LogP contribution in [-0.4, -0.2) is 59.4 Å². The Labute approximate surface area is 150 Å². The Morgan fingerprint density at radius 1 is 1.20 bits per heavy atom. The third-order valence-electron chi connectivity index (χ3n) is 5.43. The standard InChI is InChI=1S/C20H30N2O3/c1-13-10-14(2)20(16(4)23)15(3)18(13)11-22-8-6-17(7-9-22)21(5)12-19(24)25/h10,17H,6-9,11-12H2,1-5H3,(H,24,25). The summed E-state index contributed by atoms with van der Waals surface area (Å²) in [5.74, 6) is -0.641. The van der Waals surface area contributed by atoms with E-state index in [-0.39, 0.29) is 12.3 Å². The van der Waals surface area contributed by atoms with Crippen molar-refractivity contribution in [2.24, 2.45) is 0 Å². The van der Waals surface area contributed by atoms with E-state index < -0.39 is 5.97 Å². The second-order valence-corrected chi connectivity index (χ2v) is 7.36. The fourth-order valence-electron chi connectivity index (χ4n) is 4.10. The summed E-state index contributed by atoms with van der Waals surface area (Å²) >= 11 is 0. The lowest BCUT2D eigenvalue weighted by Crippen LogP contribution is -2.44. The Bertz CT molecular complexity index is 661. The number of likely N-dealkylation sites (N-methyl/N-ethyl adjacent to an activating group) is 1. The topological polar surface area (TPSA) is 60.9 Å². The number of carboxylic acids is 1. The van der Waals surface area contributed by atoms with Gasteiger partial charge in [0.1, 0.15) is 0 Å². The van der Waals surface area contributed by atoms with Crippen LogP contribution in [0.5, 0.6) is 0 Å². The summed E-state index contributed by atoms with van der Waals surface area (Å²) in [6, 6.07) is 2.45. The Morgan fingerprint density at radius 3 is 2.32 bits per heavy atom. The maximum Gasteiger partial charge on any atom is 0.317 e. The van der Waals surface area contributed by atoms with E-state index in [1.54, 1.807) is 6.92 Å². The van der Waals surface area contributed by atoms with E-state index in [9.17, 15) is 9.59 Å². The number of carbonyl (C=O) groups excluding carboxylic acids is 1. The molecule has 1 saturated heterocycles. The van der Waals surface area contributed by atoms with Gasteiger partial charge in [-0.05, 0) is 82.9 Å². The van der Waals surface area contributed by atoms with Crippen LogP contribution in [0.3, 0.4) is 0 Å². The first-order chi connectivity index (χ1) is 11.7. The molecule has 0 aliphatic carbocycles. The van der Waals surface area contributed by atoms with Crippen molar-refractivity contribution in [1.29, 1.82) is 0 Å². The van der Waals surface area contributed by atoms with Gasteiger partial charge in [0.2, 0.25) is 0 Å². The Balaban J connectivity index is 2.06. The SMILES string of the molecule is CC(=O)c1c(C)cc(C)c(CN2CCC(N(C)CC(=O)O)CC2)c1C. The predicted molar refractivity (Wildman–Crippen MR) is 99.2 cm³/mol. The normalized spacial score (nSPS) is 16.4. The highest BCUT2D eigenvalue weighted by Gasteiger charge is 2.24. The summed E-state index contributed by atoms with van der Waals surface area (Å²) < 4.78 is 0. The Kier molecular flexibility index (Phi) is 6.36. The molecule has 2 rings (SSSR count). The molecule has 0 aromatic heterocycles. The zero-order chi connectivity index (χ0) is 18.7. The average Bonchev–Trinajstić information content (AvgIpc) is 2.50. The van der Waals surface area contributed by atoms with Crippen molar-refractivity contribution >= 4 is 11.8 Å². The summed E-state index contributed by atoms with van der Waals surface area (Å²) in [5, 5.41) is 8.94. The van der Waals surface area contributed by atoms with Crippen molar-refractivity contribution in [2.45, 2.75) is 53.1 Å². The highest BCUT2D eigenvalue weighted by molar-refractivity contribution is 5.97. The van der Waals surface area contributed by atoms with Gasteiger partial charge in [-0.2, -0.15) is 0 Å². The van der Waals surface area contributed by atoms with Crippen molar-refractivity contribution in [2.75, 3.05) is 26.7 Å². The van der Waals surface area contributed by atoms with Gasteiger partial charge in [-0.15, -0.1) is 0 Å². The third kappa shape index (κ3) is 4.67. The van der Waals surface area contributed by atoms with Gasteiger partial charge in [0, 0.05) is 18.2 Å². The molecule has 0 spiro atoms. The first-order valence-corrected chi connectivity index (χ1v) is 8.95. The van der Waals surface area contributed by atoms with E-state index in [2.05, 4.69) is 24.8 Å². The molecule has 0 saturated carbocycles. The number of Topliss-reactive ketones (excluding diaryl/α,β-unsaturated/α-hetero) is 1. The van der Waals surface area contributed by atoms with Gasteiger partial charge < -0.3 is 5.11 Å². The summed E-state index contributed by atoms with van der Waals surface area (Å²) in [6.07, 6.45) is 1.96. The molecule has 0 bridgehead atoms. The molecule has 1 aromatic rings. The lowest BCUT2D eigenvalue weighted by atomic mass is 9.91. The predicted octanol–water partition coefficient (Wildman–Crippen LogP) is 2.80. The van der Waals surface area contributed by atoms with Crippen LogP contribution in [0.15, 0.2) is 6.07 Å². The number of benzene rings is 1. The number of aliphatic carboxylic acids is 1. The fourth-order valence-corrected chi connectivity index (χ4v) is 4.10. The van der Waals surface area contributed by atoms with Crippen LogP contribution in [0, 0.1) is 20.8 Å². The molecule has 1 aliphatic rings. The van der Waals surface area contributed by atoms with E-state index in [0.717, 1.165) is 49.2 Å². The van der Waals surface area contributed by atoms with Crippen LogP contribution in [0.25, 0.3) is 0 Å². The zero-order valence-corrected chi connectivity index (χ0v) is 16.1. The molecular formula is C20H30N2O3. The van der Waals surface area contributed by atoms with Crippen molar-refractivity contribution in [1.82, 2.24) is 9.80 Å². The molecule has 5 nitrogen and oxygen atoms in total. The van der Waals surface area contributed by atoms with Gasteiger partial charge in [-0.1, -0.05) is 6.07 Å². The van der Waals surface area contributed by atoms with Gasteiger partial charge >= 0.3 is 5.97 Å². The molecule has 0 radical (unpaired) electrons. The molecule has 25 heavy (non-hydrogen) atoms. The monoisotopic (exact) mass is 346 g/mol. The molecule has 138 valence electrons. The largest absolute Gasteiger partial charge is 0.480 e. The summed E-state index contributed by atoms with van der Waals surface area (Å²) in [6.45, 7) is 10.7. The van der Waals surface area contributed by atoms with Crippen molar-refractivity contribution in [3.8, 4) is 0 Å². The van der Waals surface area contributed by atoms with Crippen LogP contribution in [-0.2, 0) is 11.3 Å². The number of rotatable bonds is 6. The van der Waals surface area contributed by atoms with E-state index in [0.29, 0.717) is 6.04 Å². The third-order valence-corrected chi connectivity index (χ3v) is 5.43. The molecular weight excluding hydrogens is 316 g/mol. The Hall–Kier alpha value is -1.72. The molecule has 0 atom stereocenters. The molecule has 5 heteroatoms. The van der Waals surface area contributed by atoms with Crippen LogP contribution in [0.1, 0.15) is 52.4 Å². The molecule has 1 heterocycles. The molecule has 1 aromatic carbocycles. The van der Waals surface area contributed by atoms with E-state index in [4.69, 9.17) is 5.11 Å². The van der Waals surface area contributed by atoms with Crippen LogP contribution < -0.4 is 0 Å². The fraction of sp³-hybridized carbons (Fsp3) is 0.600. The maximum absolute atomic E-state index is 12.0. The number of carbonyl (C=O) groups is 2. The highest BCUT2D eigenvalue weighted by atomic mass is 16.4. The van der Waals surface area contributed by atoms with Crippen LogP contribution in [0.2, 0.25) is 0 Å². The number of hydrogen-bond acceptors (Lipinski definition) is 4. The number of likely N-dealkylation sites (tertiary alicyclic amines) is 1. The molecule has 1 aliphatic heterocycles. The van der Waals surface area contributed by atoms with E-state index in [1.807, 2.05) is 18.9 Å². The molecule has 0 unspecified atom stereocenters. The average molecular weight is 346 g/mol. The van der Waals surface area contributed by atoms with Crippen molar-refractivity contribution < 1.29 is 14.7 Å².